The number of anilines is 2. The van der Waals surface area contributed by atoms with Gasteiger partial charge in [0.25, 0.3) is 0 Å². The monoisotopic (exact) mass is 340 g/mol. The number of pyridine rings is 1. The number of hydrogen-bond donors (Lipinski definition) is 1. The Labute approximate surface area is 142 Å². The normalized spacial score (nSPS) is 11.0. The Morgan fingerprint density at radius 1 is 1.17 bits per heavy atom. The second kappa shape index (κ2) is 5.68. The minimum absolute atomic E-state index is 0.644. The SMILES string of the molecule is Cc1cccc(Nc2nc(-c3cnc4ccccn34)c(Cl)s2)c1. The molecule has 4 rings (SSSR count). The van der Waals surface area contributed by atoms with Crippen molar-refractivity contribution >= 4 is 39.4 Å². The highest BCUT2D eigenvalue weighted by atomic mass is 35.5. The van der Waals surface area contributed by atoms with E-state index < -0.39 is 0 Å². The standard InChI is InChI=1S/C17H13ClN4S/c1-11-5-4-6-12(9-11)20-17-21-15(16(18)23-17)13-10-19-14-7-2-3-8-22(13)14/h2-10H,1H3,(H,20,21). The van der Waals surface area contributed by atoms with Crippen LogP contribution in [0.4, 0.5) is 10.8 Å². The molecule has 0 spiro atoms. The molecule has 0 aliphatic carbocycles. The quantitative estimate of drug-likeness (QED) is 0.560. The number of halogens is 1. The van der Waals surface area contributed by atoms with Crippen molar-refractivity contribution in [2.24, 2.45) is 0 Å². The molecule has 3 heterocycles. The highest BCUT2D eigenvalue weighted by Crippen LogP contribution is 2.36. The molecule has 3 aromatic heterocycles. The maximum atomic E-state index is 6.41. The summed E-state index contributed by atoms with van der Waals surface area (Å²) in [6.07, 6.45) is 3.76. The van der Waals surface area contributed by atoms with Crippen LogP contribution in [0.5, 0.6) is 0 Å². The van der Waals surface area contributed by atoms with Crippen molar-refractivity contribution in [2.75, 3.05) is 5.32 Å². The summed E-state index contributed by atoms with van der Waals surface area (Å²) in [5.74, 6) is 0. The summed E-state index contributed by atoms with van der Waals surface area (Å²) in [4.78, 5) is 9.03. The molecule has 0 fully saturated rings. The lowest BCUT2D eigenvalue weighted by Crippen LogP contribution is -1.91. The molecule has 0 radical (unpaired) electrons. The molecule has 0 aliphatic heterocycles. The molecule has 23 heavy (non-hydrogen) atoms. The van der Waals surface area contributed by atoms with Gasteiger partial charge in [0.2, 0.25) is 0 Å². The Morgan fingerprint density at radius 2 is 2.09 bits per heavy atom. The van der Waals surface area contributed by atoms with E-state index in [-0.39, 0.29) is 0 Å². The molecule has 4 nitrogen and oxygen atoms in total. The van der Waals surface area contributed by atoms with Crippen LogP contribution in [0.3, 0.4) is 0 Å². The van der Waals surface area contributed by atoms with Crippen LogP contribution in [0, 0.1) is 6.92 Å². The second-order valence-corrected chi connectivity index (χ2v) is 6.81. The Bertz CT molecular complexity index is 989. The van der Waals surface area contributed by atoms with E-state index in [0.717, 1.165) is 27.9 Å². The number of imidazole rings is 1. The highest BCUT2D eigenvalue weighted by Gasteiger charge is 2.15. The van der Waals surface area contributed by atoms with Crippen LogP contribution in [0.25, 0.3) is 17.0 Å². The third-order valence-electron chi connectivity index (χ3n) is 3.51. The fourth-order valence-electron chi connectivity index (χ4n) is 2.47. The van der Waals surface area contributed by atoms with E-state index in [9.17, 15) is 0 Å². The lowest BCUT2D eigenvalue weighted by Gasteiger charge is -2.02. The van der Waals surface area contributed by atoms with Crippen molar-refractivity contribution in [3.05, 3.63) is 64.8 Å². The average Bonchev–Trinajstić information content (AvgIpc) is 3.10. The van der Waals surface area contributed by atoms with Gasteiger partial charge >= 0.3 is 0 Å². The van der Waals surface area contributed by atoms with Crippen LogP contribution in [0.15, 0.2) is 54.9 Å². The Balaban J connectivity index is 1.72. The zero-order valence-corrected chi connectivity index (χ0v) is 13.9. The predicted molar refractivity (Wildman–Crippen MR) is 95.8 cm³/mol. The van der Waals surface area contributed by atoms with Gasteiger partial charge in [0.1, 0.15) is 15.7 Å². The lowest BCUT2D eigenvalue weighted by molar-refractivity contribution is 1.18. The van der Waals surface area contributed by atoms with Crippen LogP contribution < -0.4 is 5.32 Å². The van der Waals surface area contributed by atoms with E-state index in [1.165, 1.54) is 16.9 Å². The van der Waals surface area contributed by atoms with Gasteiger partial charge in [-0.1, -0.05) is 41.1 Å². The molecule has 0 saturated heterocycles. The van der Waals surface area contributed by atoms with Crippen molar-refractivity contribution in [3.8, 4) is 11.4 Å². The van der Waals surface area contributed by atoms with E-state index in [1.807, 2.05) is 40.9 Å². The van der Waals surface area contributed by atoms with Gasteiger partial charge in [-0.2, -0.15) is 0 Å². The number of benzene rings is 1. The Kier molecular flexibility index (Phi) is 3.52. The summed E-state index contributed by atoms with van der Waals surface area (Å²) in [6, 6.07) is 14.0. The summed E-state index contributed by atoms with van der Waals surface area (Å²) >= 11 is 7.83. The Morgan fingerprint density at radius 3 is 2.96 bits per heavy atom. The number of nitrogens with zero attached hydrogens (tertiary/aromatic N) is 3. The number of aryl methyl sites for hydroxylation is 1. The van der Waals surface area contributed by atoms with Crippen molar-refractivity contribution < 1.29 is 0 Å². The smallest absolute Gasteiger partial charge is 0.189 e. The first-order valence-electron chi connectivity index (χ1n) is 7.13. The number of fused-ring (bicyclic) bond motifs is 1. The van der Waals surface area contributed by atoms with E-state index in [4.69, 9.17) is 11.6 Å². The number of hydrogen-bond acceptors (Lipinski definition) is 4. The maximum Gasteiger partial charge on any atom is 0.189 e. The van der Waals surface area contributed by atoms with Gasteiger partial charge in [-0.3, -0.25) is 4.40 Å². The summed E-state index contributed by atoms with van der Waals surface area (Å²) in [7, 11) is 0. The van der Waals surface area contributed by atoms with E-state index in [0.29, 0.717) is 4.34 Å². The molecule has 0 amide bonds. The van der Waals surface area contributed by atoms with Gasteiger partial charge in [-0.25, -0.2) is 9.97 Å². The van der Waals surface area contributed by atoms with Crippen LogP contribution in [0.2, 0.25) is 4.34 Å². The van der Waals surface area contributed by atoms with Gasteiger partial charge in [0.15, 0.2) is 5.13 Å². The number of aromatic nitrogens is 3. The molecular weight excluding hydrogens is 328 g/mol. The van der Waals surface area contributed by atoms with E-state index in [2.05, 4.69) is 34.3 Å². The zero-order valence-electron chi connectivity index (χ0n) is 12.3. The third kappa shape index (κ3) is 2.69. The van der Waals surface area contributed by atoms with Crippen molar-refractivity contribution in [3.63, 3.8) is 0 Å². The molecule has 0 bridgehead atoms. The molecule has 0 saturated carbocycles. The van der Waals surface area contributed by atoms with Crippen LogP contribution in [0.1, 0.15) is 5.56 Å². The average molecular weight is 341 g/mol. The fraction of sp³-hybridized carbons (Fsp3) is 0.0588. The molecule has 6 heteroatoms. The number of thiazole rings is 1. The number of rotatable bonds is 3. The summed E-state index contributed by atoms with van der Waals surface area (Å²) in [5, 5.41) is 4.07. The van der Waals surface area contributed by atoms with Gasteiger partial charge in [0, 0.05) is 11.9 Å². The van der Waals surface area contributed by atoms with Gasteiger partial charge in [0.05, 0.1) is 11.9 Å². The van der Waals surface area contributed by atoms with Crippen molar-refractivity contribution in [1.29, 1.82) is 0 Å². The minimum atomic E-state index is 0.644. The van der Waals surface area contributed by atoms with E-state index >= 15 is 0 Å². The first kappa shape index (κ1) is 14.2. The summed E-state index contributed by atoms with van der Waals surface area (Å²) < 4.78 is 2.63. The first-order chi connectivity index (χ1) is 11.2. The predicted octanol–water partition coefficient (Wildman–Crippen LogP) is 5.16. The fourth-order valence-corrected chi connectivity index (χ4v) is 3.55. The minimum Gasteiger partial charge on any atom is -0.331 e. The molecule has 0 atom stereocenters. The molecule has 0 aliphatic rings. The Hall–Kier alpha value is -2.37. The maximum absolute atomic E-state index is 6.41. The van der Waals surface area contributed by atoms with Gasteiger partial charge in [-0.05, 0) is 36.8 Å². The largest absolute Gasteiger partial charge is 0.331 e. The molecule has 4 aromatic rings. The molecule has 0 unspecified atom stereocenters. The molecule has 114 valence electrons. The third-order valence-corrected chi connectivity index (χ3v) is 4.68. The second-order valence-electron chi connectivity index (χ2n) is 5.21. The van der Waals surface area contributed by atoms with Crippen LogP contribution >= 0.6 is 22.9 Å². The summed E-state index contributed by atoms with van der Waals surface area (Å²) in [6.45, 7) is 2.06. The van der Waals surface area contributed by atoms with Crippen molar-refractivity contribution in [2.45, 2.75) is 6.92 Å². The first-order valence-corrected chi connectivity index (χ1v) is 8.32. The molecule has 1 N–H and O–H groups in total. The lowest BCUT2D eigenvalue weighted by atomic mass is 10.2. The van der Waals surface area contributed by atoms with Crippen LogP contribution in [-0.2, 0) is 0 Å². The van der Waals surface area contributed by atoms with Crippen LogP contribution in [-0.4, -0.2) is 14.4 Å². The van der Waals surface area contributed by atoms with Gasteiger partial charge < -0.3 is 5.32 Å². The number of nitrogens with one attached hydrogen (secondary N) is 1. The zero-order chi connectivity index (χ0) is 15.8. The van der Waals surface area contributed by atoms with E-state index in [1.54, 1.807) is 6.20 Å². The highest BCUT2D eigenvalue weighted by molar-refractivity contribution is 7.20. The van der Waals surface area contributed by atoms with Gasteiger partial charge in [-0.15, -0.1) is 0 Å². The summed E-state index contributed by atoms with van der Waals surface area (Å²) in [5.41, 5.74) is 4.70. The van der Waals surface area contributed by atoms with Crippen molar-refractivity contribution in [1.82, 2.24) is 14.4 Å². The topological polar surface area (TPSA) is 42.2 Å². The molecular formula is C17H13ClN4S. The molecule has 1 aromatic carbocycles.